The number of carbonyl (C=O) groups excluding carboxylic acids is 1. The molecule has 0 spiro atoms. The maximum Gasteiger partial charge on any atom is 0.410 e. The molecule has 146 valence electrons. The maximum absolute atomic E-state index is 12.7. The molecule has 0 N–H and O–H groups in total. The number of hydrogen-bond acceptors (Lipinski definition) is 5. The Bertz CT molecular complexity index is 1010. The van der Waals surface area contributed by atoms with Gasteiger partial charge in [0.2, 0.25) is 0 Å². The molecular formula is C21H24N4O2S. The highest BCUT2D eigenvalue weighted by atomic mass is 32.1. The Balaban J connectivity index is 1.86. The second-order valence-electron chi connectivity index (χ2n) is 7.03. The normalized spacial score (nSPS) is 15.7. The lowest BCUT2D eigenvalue weighted by Gasteiger charge is -2.25. The van der Waals surface area contributed by atoms with Gasteiger partial charge >= 0.3 is 6.09 Å². The van der Waals surface area contributed by atoms with Crippen molar-refractivity contribution in [2.75, 3.05) is 6.61 Å². The molecule has 1 atom stereocenters. The number of thiophene rings is 1. The van der Waals surface area contributed by atoms with E-state index in [2.05, 4.69) is 46.0 Å². The average molecular weight is 397 g/mol. The summed E-state index contributed by atoms with van der Waals surface area (Å²) >= 11 is 1.74. The minimum atomic E-state index is -0.315. The van der Waals surface area contributed by atoms with Gasteiger partial charge in [-0.3, -0.25) is 9.47 Å². The molecule has 1 aliphatic heterocycles. The minimum absolute atomic E-state index is 0.218. The fraction of sp³-hybridized carbons (Fsp3) is 0.381. The van der Waals surface area contributed by atoms with Gasteiger partial charge in [0.05, 0.1) is 19.2 Å². The van der Waals surface area contributed by atoms with E-state index in [1.165, 1.54) is 16.0 Å². The molecule has 1 amide bonds. The van der Waals surface area contributed by atoms with E-state index < -0.39 is 0 Å². The number of aryl methyl sites for hydroxylation is 2. The highest BCUT2D eigenvalue weighted by Crippen LogP contribution is 2.40. The molecule has 1 aromatic carbocycles. The average Bonchev–Trinajstić information content (AvgIpc) is 3.16. The lowest BCUT2D eigenvalue weighted by molar-refractivity contribution is 0.0887. The van der Waals surface area contributed by atoms with E-state index in [1.807, 2.05) is 26.8 Å². The molecule has 0 bridgehead atoms. The highest BCUT2D eigenvalue weighted by Gasteiger charge is 2.35. The molecule has 0 fully saturated rings. The maximum atomic E-state index is 12.7. The summed E-state index contributed by atoms with van der Waals surface area (Å²) in [5.41, 5.74) is 3.69. The van der Waals surface area contributed by atoms with Gasteiger partial charge in [-0.15, -0.1) is 21.5 Å². The van der Waals surface area contributed by atoms with Crippen LogP contribution in [0.1, 0.15) is 53.1 Å². The smallest absolute Gasteiger partial charge is 0.410 e. The van der Waals surface area contributed by atoms with Gasteiger partial charge in [-0.1, -0.05) is 30.3 Å². The second-order valence-corrected chi connectivity index (χ2v) is 8.23. The zero-order valence-electron chi connectivity index (χ0n) is 16.6. The Morgan fingerprint density at radius 3 is 2.71 bits per heavy atom. The number of rotatable bonds is 3. The molecule has 2 aromatic heterocycles. The van der Waals surface area contributed by atoms with E-state index >= 15 is 0 Å². The fourth-order valence-corrected chi connectivity index (χ4v) is 5.00. The number of carbonyl (C=O) groups is 1. The summed E-state index contributed by atoms with van der Waals surface area (Å²) in [5.74, 6) is 1.61. The van der Waals surface area contributed by atoms with Crippen molar-refractivity contribution in [2.45, 2.75) is 46.7 Å². The van der Waals surface area contributed by atoms with Gasteiger partial charge < -0.3 is 4.74 Å². The van der Waals surface area contributed by atoms with Crippen molar-refractivity contribution in [1.29, 1.82) is 0 Å². The quantitative estimate of drug-likeness (QED) is 0.651. The number of ether oxygens (including phenoxy) is 1. The Morgan fingerprint density at radius 1 is 1.25 bits per heavy atom. The first-order valence-corrected chi connectivity index (χ1v) is 10.3. The standard InChI is InChI=1S/C21H24N4O2S/c1-5-27-21(26)24-12-18-17(11-16-9-7-6-8-10-16)14(3)28-20(18)25-15(4)22-23-19(25)13(24)2/h6-10,13H,5,11-12H2,1-4H3/t13-/m0/s1. The van der Waals surface area contributed by atoms with Crippen LogP contribution in [0.5, 0.6) is 0 Å². The highest BCUT2D eigenvalue weighted by molar-refractivity contribution is 7.14. The topological polar surface area (TPSA) is 60.2 Å². The van der Waals surface area contributed by atoms with E-state index in [9.17, 15) is 4.79 Å². The summed E-state index contributed by atoms with van der Waals surface area (Å²) < 4.78 is 7.44. The third kappa shape index (κ3) is 3.09. The Morgan fingerprint density at radius 2 is 2.00 bits per heavy atom. The fourth-order valence-electron chi connectivity index (χ4n) is 3.76. The molecule has 3 heterocycles. The zero-order chi connectivity index (χ0) is 19.8. The molecule has 7 heteroatoms. The predicted molar refractivity (Wildman–Crippen MR) is 109 cm³/mol. The molecule has 0 saturated carbocycles. The molecule has 1 aliphatic rings. The first-order chi connectivity index (χ1) is 13.5. The lowest BCUT2D eigenvalue weighted by Crippen LogP contribution is -2.33. The molecule has 0 unspecified atom stereocenters. The summed E-state index contributed by atoms with van der Waals surface area (Å²) in [6.07, 6.45) is 0.518. The molecule has 28 heavy (non-hydrogen) atoms. The molecule has 4 rings (SSSR count). The molecule has 6 nitrogen and oxygen atoms in total. The van der Waals surface area contributed by atoms with E-state index in [1.54, 1.807) is 16.2 Å². The van der Waals surface area contributed by atoms with Crippen molar-refractivity contribution in [3.63, 3.8) is 0 Å². The Labute approximate surface area is 168 Å². The number of nitrogens with zero attached hydrogens (tertiary/aromatic N) is 4. The molecule has 0 radical (unpaired) electrons. The summed E-state index contributed by atoms with van der Waals surface area (Å²) in [6, 6.07) is 10.2. The van der Waals surface area contributed by atoms with Crippen molar-refractivity contribution in [3.05, 3.63) is 63.5 Å². The van der Waals surface area contributed by atoms with E-state index in [0.29, 0.717) is 13.2 Å². The van der Waals surface area contributed by atoms with Gasteiger partial charge in [0, 0.05) is 10.4 Å². The van der Waals surface area contributed by atoms with Crippen LogP contribution in [0.15, 0.2) is 30.3 Å². The van der Waals surface area contributed by atoms with E-state index in [0.717, 1.165) is 28.6 Å². The number of aromatic nitrogens is 3. The minimum Gasteiger partial charge on any atom is -0.450 e. The largest absolute Gasteiger partial charge is 0.450 e. The van der Waals surface area contributed by atoms with Gasteiger partial charge in [0.15, 0.2) is 5.82 Å². The van der Waals surface area contributed by atoms with Gasteiger partial charge in [0.25, 0.3) is 0 Å². The molecular weight excluding hydrogens is 372 g/mol. The number of benzene rings is 1. The Kier molecular flexibility index (Phi) is 4.93. The lowest BCUT2D eigenvalue weighted by atomic mass is 10.0. The van der Waals surface area contributed by atoms with Crippen LogP contribution in [-0.2, 0) is 17.7 Å². The van der Waals surface area contributed by atoms with Gasteiger partial charge in [-0.25, -0.2) is 4.79 Å². The molecule has 0 saturated heterocycles. The van der Waals surface area contributed by atoms with E-state index in [4.69, 9.17) is 4.74 Å². The van der Waals surface area contributed by atoms with Crippen LogP contribution < -0.4 is 0 Å². The van der Waals surface area contributed by atoms with Crippen LogP contribution in [-0.4, -0.2) is 32.4 Å². The second kappa shape index (κ2) is 7.39. The van der Waals surface area contributed by atoms with Crippen LogP contribution in [0.3, 0.4) is 0 Å². The van der Waals surface area contributed by atoms with Crippen molar-refractivity contribution in [3.8, 4) is 5.00 Å². The molecule has 0 aliphatic carbocycles. The van der Waals surface area contributed by atoms with Crippen molar-refractivity contribution < 1.29 is 9.53 Å². The van der Waals surface area contributed by atoms with E-state index in [-0.39, 0.29) is 12.1 Å². The van der Waals surface area contributed by atoms with Gasteiger partial charge in [-0.2, -0.15) is 0 Å². The monoisotopic (exact) mass is 396 g/mol. The van der Waals surface area contributed by atoms with Crippen LogP contribution in [0.25, 0.3) is 5.00 Å². The summed E-state index contributed by atoms with van der Waals surface area (Å²) in [5, 5.41) is 9.79. The predicted octanol–water partition coefficient (Wildman–Crippen LogP) is 4.57. The van der Waals surface area contributed by atoms with Crippen molar-refractivity contribution in [1.82, 2.24) is 19.7 Å². The SMILES string of the molecule is CCOC(=O)N1Cc2c(sc(C)c2Cc2ccccc2)-n2c(C)nnc2[C@@H]1C. The third-order valence-electron chi connectivity index (χ3n) is 5.25. The third-order valence-corrected chi connectivity index (χ3v) is 6.42. The Hall–Kier alpha value is -2.67. The number of amides is 1. The van der Waals surface area contributed by atoms with Crippen molar-refractivity contribution in [2.24, 2.45) is 0 Å². The van der Waals surface area contributed by atoms with Crippen LogP contribution in [0, 0.1) is 13.8 Å². The molecule has 3 aromatic rings. The summed E-state index contributed by atoms with van der Waals surface area (Å²) in [6.45, 7) is 8.77. The van der Waals surface area contributed by atoms with Crippen molar-refractivity contribution >= 4 is 17.4 Å². The summed E-state index contributed by atoms with van der Waals surface area (Å²) in [4.78, 5) is 15.7. The zero-order valence-corrected chi connectivity index (χ0v) is 17.4. The number of fused-ring (bicyclic) bond motifs is 3. The first kappa shape index (κ1) is 18.7. The number of hydrogen-bond donors (Lipinski definition) is 0. The van der Waals surface area contributed by atoms with Crippen LogP contribution in [0.2, 0.25) is 0 Å². The van der Waals surface area contributed by atoms with Crippen LogP contribution >= 0.6 is 11.3 Å². The van der Waals surface area contributed by atoms with Crippen LogP contribution in [0.4, 0.5) is 4.79 Å². The first-order valence-electron chi connectivity index (χ1n) is 9.52. The van der Waals surface area contributed by atoms with Gasteiger partial charge in [-0.05, 0) is 45.2 Å². The van der Waals surface area contributed by atoms with Gasteiger partial charge in [0.1, 0.15) is 10.8 Å². The summed E-state index contributed by atoms with van der Waals surface area (Å²) in [7, 11) is 0.